The summed E-state index contributed by atoms with van der Waals surface area (Å²) < 4.78 is 0. The van der Waals surface area contributed by atoms with Crippen molar-refractivity contribution in [3.63, 3.8) is 0 Å². The molecule has 1 aromatic carbocycles. The van der Waals surface area contributed by atoms with E-state index in [1.54, 1.807) is 0 Å². The molecule has 2 rings (SSSR count). The topological polar surface area (TPSA) is 52.6 Å². The maximum Gasteiger partial charge on any atom is 0.307 e. The monoisotopic (exact) mass is 276 g/mol. The Balaban J connectivity index is 2.10. The van der Waals surface area contributed by atoms with Gasteiger partial charge < -0.3 is 10.4 Å². The van der Waals surface area contributed by atoms with Crippen LogP contribution in [0, 0.1) is 0 Å². The number of rotatable bonds is 7. The van der Waals surface area contributed by atoms with Gasteiger partial charge in [-0.3, -0.25) is 9.69 Å². The van der Waals surface area contributed by atoms with E-state index < -0.39 is 5.97 Å². The standard InChI is InChI=1S/C16H24N2O2/c1-2-9-18(15-7-8-17-11-15)12-14-6-4-3-5-13(14)10-16(19)20/h3-6,15,17H,2,7-12H2,1H3,(H,19,20). The number of nitrogens with zero attached hydrogens (tertiary/aromatic N) is 1. The van der Waals surface area contributed by atoms with Crippen LogP contribution >= 0.6 is 0 Å². The van der Waals surface area contributed by atoms with Crippen molar-refractivity contribution in [1.29, 1.82) is 0 Å². The maximum atomic E-state index is 11.0. The molecule has 2 N–H and O–H groups in total. The molecular weight excluding hydrogens is 252 g/mol. The molecule has 4 nitrogen and oxygen atoms in total. The lowest BCUT2D eigenvalue weighted by Gasteiger charge is -2.28. The normalized spacial score (nSPS) is 18.6. The lowest BCUT2D eigenvalue weighted by atomic mass is 10.0. The number of carboxylic acids is 1. The van der Waals surface area contributed by atoms with Gasteiger partial charge in [-0.25, -0.2) is 0 Å². The zero-order valence-electron chi connectivity index (χ0n) is 12.1. The number of carbonyl (C=O) groups is 1. The molecule has 0 spiro atoms. The fraction of sp³-hybridized carbons (Fsp3) is 0.562. The molecule has 1 heterocycles. The zero-order valence-corrected chi connectivity index (χ0v) is 12.1. The summed E-state index contributed by atoms with van der Waals surface area (Å²) >= 11 is 0. The number of nitrogens with one attached hydrogen (secondary N) is 1. The maximum absolute atomic E-state index is 11.0. The summed E-state index contributed by atoms with van der Waals surface area (Å²) in [6.07, 6.45) is 2.41. The molecule has 110 valence electrons. The van der Waals surface area contributed by atoms with Gasteiger partial charge >= 0.3 is 5.97 Å². The molecule has 1 aliphatic heterocycles. The number of hydrogen-bond donors (Lipinski definition) is 2. The highest BCUT2D eigenvalue weighted by molar-refractivity contribution is 5.70. The minimum absolute atomic E-state index is 0.110. The van der Waals surface area contributed by atoms with E-state index in [4.69, 9.17) is 5.11 Å². The Morgan fingerprint density at radius 2 is 2.15 bits per heavy atom. The van der Waals surface area contributed by atoms with Crippen molar-refractivity contribution in [3.8, 4) is 0 Å². The molecule has 0 aromatic heterocycles. The molecule has 0 aliphatic carbocycles. The van der Waals surface area contributed by atoms with Crippen molar-refractivity contribution in [2.75, 3.05) is 19.6 Å². The average molecular weight is 276 g/mol. The van der Waals surface area contributed by atoms with Crippen LogP contribution < -0.4 is 5.32 Å². The van der Waals surface area contributed by atoms with Crippen LogP contribution in [-0.4, -0.2) is 41.7 Å². The minimum atomic E-state index is -0.762. The highest BCUT2D eigenvalue weighted by Crippen LogP contribution is 2.17. The van der Waals surface area contributed by atoms with Crippen LogP contribution in [0.5, 0.6) is 0 Å². The summed E-state index contributed by atoms with van der Waals surface area (Å²) in [7, 11) is 0. The highest BCUT2D eigenvalue weighted by atomic mass is 16.4. The molecule has 0 saturated carbocycles. The van der Waals surface area contributed by atoms with Crippen molar-refractivity contribution in [2.24, 2.45) is 0 Å². The first-order valence-corrected chi connectivity index (χ1v) is 7.44. The number of benzene rings is 1. The van der Waals surface area contributed by atoms with Crippen molar-refractivity contribution in [1.82, 2.24) is 10.2 Å². The second kappa shape index (κ2) is 7.41. The van der Waals surface area contributed by atoms with Crippen LogP contribution in [0.15, 0.2) is 24.3 Å². The summed E-state index contributed by atoms with van der Waals surface area (Å²) in [5.74, 6) is -0.762. The van der Waals surface area contributed by atoms with Crippen LogP contribution in [0.2, 0.25) is 0 Å². The Kier molecular flexibility index (Phi) is 5.56. The van der Waals surface area contributed by atoms with Gasteiger partial charge in [0.1, 0.15) is 0 Å². The Bertz CT molecular complexity index is 442. The summed E-state index contributed by atoms with van der Waals surface area (Å²) in [4.78, 5) is 13.5. The number of aliphatic carboxylic acids is 1. The van der Waals surface area contributed by atoms with Crippen LogP contribution in [0.25, 0.3) is 0 Å². The van der Waals surface area contributed by atoms with E-state index in [9.17, 15) is 4.79 Å². The molecule has 1 saturated heterocycles. The fourth-order valence-electron chi connectivity index (χ4n) is 2.89. The van der Waals surface area contributed by atoms with Crippen molar-refractivity contribution in [2.45, 2.75) is 38.8 Å². The first-order valence-electron chi connectivity index (χ1n) is 7.44. The predicted molar refractivity (Wildman–Crippen MR) is 79.8 cm³/mol. The molecule has 20 heavy (non-hydrogen) atoms. The molecule has 0 radical (unpaired) electrons. The Hall–Kier alpha value is -1.39. The van der Waals surface area contributed by atoms with Gasteiger partial charge in [0.25, 0.3) is 0 Å². The zero-order chi connectivity index (χ0) is 14.4. The molecule has 1 aliphatic rings. The third-order valence-electron chi connectivity index (χ3n) is 3.90. The molecule has 1 fully saturated rings. The summed E-state index contributed by atoms with van der Waals surface area (Å²) in [6.45, 7) is 6.23. The molecule has 1 unspecified atom stereocenters. The smallest absolute Gasteiger partial charge is 0.307 e. The third-order valence-corrected chi connectivity index (χ3v) is 3.90. The second-order valence-corrected chi connectivity index (χ2v) is 5.46. The van der Waals surface area contributed by atoms with Crippen LogP contribution in [0.1, 0.15) is 30.9 Å². The van der Waals surface area contributed by atoms with E-state index in [1.165, 1.54) is 6.42 Å². The summed E-state index contributed by atoms with van der Waals surface area (Å²) in [5.41, 5.74) is 2.09. The van der Waals surface area contributed by atoms with Crippen LogP contribution in [0.3, 0.4) is 0 Å². The molecule has 0 bridgehead atoms. The Morgan fingerprint density at radius 3 is 2.75 bits per heavy atom. The molecular formula is C16H24N2O2. The molecule has 1 atom stereocenters. The van der Waals surface area contributed by atoms with Crippen molar-refractivity contribution < 1.29 is 9.90 Å². The van der Waals surface area contributed by atoms with Gasteiger partial charge in [0.05, 0.1) is 6.42 Å². The van der Waals surface area contributed by atoms with E-state index in [2.05, 4.69) is 23.2 Å². The van der Waals surface area contributed by atoms with E-state index >= 15 is 0 Å². The quantitative estimate of drug-likeness (QED) is 0.798. The lowest BCUT2D eigenvalue weighted by molar-refractivity contribution is -0.136. The van der Waals surface area contributed by atoms with Gasteiger partial charge in [-0.15, -0.1) is 0 Å². The SMILES string of the molecule is CCCN(Cc1ccccc1CC(=O)O)C1CCNC1. The highest BCUT2D eigenvalue weighted by Gasteiger charge is 2.22. The number of carboxylic acid groups (broad SMARTS) is 1. The average Bonchev–Trinajstić information content (AvgIpc) is 2.93. The van der Waals surface area contributed by atoms with E-state index in [0.29, 0.717) is 6.04 Å². The van der Waals surface area contributed by atoms with Crippen LogP contribution in [0.4, 0.5) is 0 Å². The lowest BCUT2D eigenvalue weighted by Crippen LogP contribution is -2.37. The summed E-state index contributed by atoms with van der Waals surface area (Å²) in [5, 5.41) is 12.4. The second-order valence-electron chi connectivity index (χ2n) is 5.46. The summed E-state index contributed by atoms with van der Waals surface area (Å²) in [6, 6.07) is 8.48. The Labute approximate surface area is 120 Å². The number of hydrogen-bond acceptors (Lipinski definition) is 3. The minimum Gasteiger partial charge on any atom is -0.481 e. The van der Waals surface area contributed by atoms with Gasteiger partial charge in [-0.2, -0.15) is 0 Å². The van der Waals surface area contributed by atoms with Crippen molar-refractivity contribution >= 4 is 5.97 Å². The van der Waals surface area contributed by atoms with Crippen LogP contribution in [-0.2, 0) is 17.8 Å². The van der Waals surface area contributed by atoms with Gasteiger partial charge in [0, 0.05) is 19.1 Å². The molecule has 4 heteroatoms. The fourth-order valence-corrected chi connectivity index (χ4v) is 2.89. The predicted octanol–water partition coefficient (Wildman–Crippen LogP) is 1.89. The third kappa shape index (κ3) is 4.05. The van der Waals surface area contributed by atoms with Gasteiger partial charge in [-0.05, 0) is 37.1 Å². The first-order chi connectivity index (χ1) is 9.70. The molecule has 0 amide bonds. The largest absolute Gasteiger partial charge is 0.481 e. The van der Waals surface area contributed by atoms with E-state index in [-0.39, 0.29) is 6.42 Å². The van der Waals surface area contributed by atoms with Gasteiger partial charge in [-0.1, -0.05) is 31.2 Å². The van der Waals surface area contributed by atoms with Gasteiger partial charge in [0.2, 0.25) is 0 Å². The van der Waals surface area contributed by atoms with Gasteiger partial charge in [0.15, 0.2) is 0 Å². The van der Waals surface area contributed by atoms with Crippen molar-refractivity contribution in [3.05, 3.63) is 35.4 Å². The van der Waals surface area contributed by atoms with E-state index in [1.807, 2.05) is 18.2 Å². The molecule has 1 aromatic rings. The van der Waals surface area contributed by atoms with E-state index in [0.717, 1.165) is 43.7 Å². The Morgan fingerprint density at radius 1 is 1.40 bits per heavy atom. The first kappa shape index (κ1) is 15.0.